The molecule has 2 heterocycles. The van der Waals surface area contributed by atoms with Gasteiger partial charge in [0.15, 0.2) is 35.6 Å². The van der Waals surface area contributed by atoms with Crippen LogP contribution < -0.4 is 0 Å². The SMILES string of the molecule is CC(=O)OC1C(C)=CC2OC(=O)C3(C)OC23C(OC(C)=O)C2C(C)=CCC(OC(C)=O)C2(C)C(OC(C)=O)C1OC(C)=O. The van der Waals surface area contributed by atoms with Crippen molar-refractivity contribution >= 4 is 35.8 Å². The molecule has 1 spiro atoms. The van der Waals surface area contributed by atoms with Gasteiger partial charge in [-0.3, -0.25) is 24.0 Å². The van der Waals surface area contributed by atoms with Gasteiger partial charge >= 0.3 is 35.8 Å². The van der Waals surface area contributed by atoms with Gasteiger partial charge in [-0.05, 0) is 32.4 Å². The molecule has 0 radical (unpaired) electrons. The van der Waals surface area contributed by atoms with Gasteiger partial charge in [0.1, 0.15) is 12.2 Å². The van der Waals surface area contributed by atoms with Gasteiger partial charge in [-0.2, -0.15) is 0 Å². The highest BCUT2D eigenvalue weighted by atomic mass is 16.7. The van der Waals surface area contributed by atoms with Crippen molar-refractivity contribution in [1.82, 2.24) is 0 Å². The number of carbonyl (C=O) groups excluding carboxylic acids is 6. The van der Waals surface area contributed by atoms with E-state index in [4.69, 9.17) is 33.2 Å². The van der Waals surface area contributed by atoms with E-state index in [1.54, 1.807) is 26.8 Å². The first-order chi connectivity index (χ1) is 19.9. The first-order valence-electron chi connectivity index (χ1n) is 14.0. The smallest absolute Gasteiger partial charge is 0.342 e. The zero-order chi connectivity index (χ0) is 32.2. The van der Waals surface area contributed by atoms with Crippen LogP contribution in [-0.2, 0) is 61.9 Å². The Kier molecular flexibility index (Phi) is 8.29. The van der Waals surface area contributed by atoms with Crippen LogP contribution in [0.3, 0.4) is 0 Å². The molecule has 10 unspecified atom stereocenters. The number of epoxide rings is 1. The van der Waals surface area contributed by atoms with Gasteiger partial charge in [0.25, 0.3) is 0 Å². The lowest BCUT2D eigenvalue weighted by molar-refractivity contribution is -0.223. The molecule has 0 amide bonds. The third-order valence-corrected chi connectivity index (χ3v) is 8.92. The summed E-state index contributed by atoms with van der Waals surface area (Å²) in [7, 11) is 0. The molecular weight excluding hydrogens is 568 g/mol. The maximum atomic E-state index is 13.2. The van der Waals surface area contributed by atoms with E-state index in [0.717, 1.165) is 20.8 Å². The predicted octanol–water partition coefficient (Wildman–Crippen LogP) is 2.03. The van der Waals surface area contributed by atoms with Crippen molar-refractivity contribution in [1.29, 1.82) is 0 Å². The van der Waals surface area contributed by atoms with Crippen LogP contribution in [0.2, 0.25) is 0 Å². The molecule has 4 aliphatic rings. The molecular formula is C30H38O13. The Morgan fingerprint density at radius 2 is 1.30 bits per heavy atom. The molecule has 13 nitrogen and oxygen atoms in total. The third-order valence-electron chi connectivity index (χ3n) is 8.92. The molecule has 236 valence electrons. The molecule has 0 aromatic rings. The van der Waals surface area contributed by atoms with Gasteiger partial charge in [0, 0.05) is 47.0 Å². The van der Waals surface area contributed by atoms with Crippen LogP contribution in [0.4, 0.5) is 0 Å². The molecule has 43 heavy (non-hydrogen) atoms. The first kappa shape index (κ1) is 32.2. The second-order valence-corrected chi connectivity index (χ2v) is 12.0. The summed E-state index contributed by atoms with van der Waals surface area (Å²) < 4.78 is 41.2. The van der Waals surface area contributed by atoms with E-state index in [2.05, 4.69) is 0 Å². The van der Waals surface area contributed by atoms with Gasteiger partial charge < -0.3 is 33.2 Å². The summed E-state index contributed by atoms with van der Waals surface area (Å²) in [5.41, 5.74) is -3.74. The van der Waals surface area contributed by atoms with Gasteiger partial charge in [-0.25, -0.2) is 4.79 Å². The van der Waals surface area contributed by atoms with Crippen molar-refractivity contribution in [2.24, 2.45) is 11.3 Å². The Morgan fingerprint density at radius 1 is 0.767 bits per heavy atom. The Hall–Kier alpha value is -3.74. The molecule has 0 bridgehead atoms. The summed E-state index contributed by atoms with van der Waals surface area (Å²) >= 11 is 0. The van der Waals surface area contributed by atoms with Gasteiger partial charge in [-0.15, -0.1) is 0 Å². The fourth-order valence-electron chi connectivity index (χ4n) is 7.19. The molecule has 2 aliphatic heterocycles. The molecule has 0 aromatic heterocycles. The minimum absolute atomic E-state index is 0.146. The average Bonchev–Trinajstić information content (AvgIpc) is 3.46. The molecule has 4 rings (SSSR count). The second kappa shape index (κ2) is 11.1. The normalized spacial score (nSPS) is 39.7. The van der Waals surface area contributed by atoms with E-state index < -0.39 is 95.0 Å². The first-order valence-corrected chi connectivity index (χ1v) is 14.0. The Morgan fingerprint density at radius 3 is 1.81 bits per heavy atom. The van der Waals surface area contributed by atoms with Crippen LogP contribution in [0.1, 0.15) is 68.7 Å². The van der Waals surface area contributed by atoms with Crippen LogP contribution in [0.15, 0.2) is 23.3 Å². The van der Waals surface area contributed by atoms with Crippen LogP contribution >= 0.6 is 0 Å². The van der Waals surface area contributed by atoms with E-state index in [-0.39, 0.29) is 12.0 Å². The minimum Gasteiger partial charge on any atom is -0.461 e. The molecule has 0 aromatic carbocycles. The van der Waals surface area contributed by atoms with Gasteiger partial charge in [0.05, 0.1) is 5.41 Å². The number of fused-ring (bicyclic) bond motifs is 1. The number of ether oxygens (including phenoxy) is 7. The number of hydrogen-bond donors (Lipinski definition) is 0. The van der Waals surface area contributed by atoms with Gasteiger partial charge in [0.2, 0.25) is 0 Å². The summed E-state index contributed by atoms with van der Waals surface area (Å²) in [6, 6.07) is 0. The molecule has 0 saturated carbocycles. The minimum atomic E-state index is -1.56. The summed E-state index contributed by atoms with van der Waals surface area (Å²) in [5.74, 6) is -5.32. The van der Waals surface area contributed by atoms with E-state index in [9.17, 15) is 28.8 Å². The molecule has 2 saturated heterocycles. The summed E-state index contributed by atoms with van der Waals surface area (Å²) in [5, 5.41) is 0. The fourth-order valence-corrected chi connectivity index (χ4v) is 7.19. The zero-order valence-corrected chi connectivity index (χ0v) is 25.7. The largest absolute Gasteiger partial charge is 0.461 e. The number of rotatable bonds is 5. The van der Waals surface area contributed by atoms with E-state index in [1.165, 1.54) is 26.8 Å². The molecule has 0 N–H and O–H groups in total. The highest BCUT2D eigenvalue weighted by Gasteiger charge is 2.87. The van der Waals surface area contributed by atoms with E-state index in [0.29, 0.717) is 5.57 Å². The fraction of sp³-hybridized carbons (Fsp3) is 0.667. The van der Waals surface area contributed by atoms with E-state index in [1.807, 2.05) is 0 Å². The van der Waals surface area contributed by atoms with Crippen LogP contribution in [-0.4, -0.2) is 83.6 Å². The van der Waals surface area contributed by atoms with Crippen molar-refractivity contribution < 1.29 is 61.9 Å². The van der Waals surface area contributed by atoms with Crippen molar-refractivity contribution in [2.75, 3.05) is 0 Å². The predicted molar refractivity (Wildman–Crippen MR) is 144 cm³/mol. The Bertz CT molecular complexity index is 1310. The summed E-state index contributed by atoms with van der Waals surface area (Å²) in [6.45, 7) is 12.4. The molecule has 10 atom stereocenters. The van der Waals surface area contributed by atoms with Crippen LogP contribution in [0.5, 0.6) is 0 Å². The Labute approximate surface area is 249 Å². The van der Waals surface area contributed by atoms with Crippen LogP contribution in [0.25, 0.3) is 0 Å². The van der Waals surface area contributed by atoms with E-state index >= 15 is 0 Å². The van der Waals surface area contributed by atoms with Crippen molar-refractivity contribution in [3.05, 3.63) is 23.3 Å². The van der Waals surface area contributed by atoms with Gasteiger partial charge in [-0.1, -0.05) is 18.6 Å². The average molecular weight is 607 g/mol. The van der Waals surface area contributed by atoms with Crippen LogP contribution in [0, 0.1) is 11.3 Å². The number of carbonyl (C=O) groups is 6. The quantitative estimate of drug-likeness (QED) is 0.193. The monoisotopic (exact) mass is 606 g/mol. The lowest BCUT2D eigenvalue weighted by atomic mass is 9.56. The second-order valence-electron chi connectivity index (χ2n) is 12.0. The number of esters is 6. The summed E-state index contributed by atoms with van der Waals surface area (Å²) in [6.07, 6.45) is -4.28. The summed E-state index contributed by atoms with van der Waals surface area (Å²) in [4.78, 5) is 76.2. The third kappa shape index (κ3) is 5.21. The molecule has 13 heteroatoms. The lowest BCUT2D eigenvalue weighted by Gasteiger charge is -2.54. The highest BCUT2D eigenvalue weighted by molar-refractivity contribution is 5.89. The van der Waals surface area contributed by atoms with Crippen molar-refractivity contribution in [3.63, 3.8) is 0 Å². The van der Waals surface area contributed by atoms with Crippen molar-refractivity contribution in [3.8, 4) is 0 Å². The van der Waals surface area contributed by atoms with Crippen molar-refractivity contribution in [2.45, 2.75) is 117 Å². The maximum absolute atomic E-state index is 13.2. The number of hydrogen-bond acceptors (Lipinski definition) is 13. The topological polar surface area (TPSA) is 170 Å². The lowest BCUT2D eigenvalue weighted by Crippen LogP contribution is -2.66. The molecule has 2 aliphatic carbocycles. The zero-order valence-electron chi connectivity index (χ0n) is 25.7. The highest BCUT2D eigenvalue weighted by Crippen LogP contribution is 2.65. The Balaban J connectivity index is 2.14. The maximum Gasteiger partial charge on any atom is 0.342 e. The standard InChI is InChI=1S/C30H38O13/c1-13-10-11-20(37-15(3)31)28(8)22(13)25(40-18(6)34)30-21(42-27(36)29(30,9)43-30)12-14(2)23(38-16(4)32)24(39-17(5)33)26(28)41-19(7)35/h10,12,20-26H,11H2,1-9H3. The molecule has 2 fully saturated rings.